The Kier molecular flexibility index (Phi) is 5.02. The van der Waals surface area contributed by atoms with Crippen molar-refractivity contribution < 1.29 is 28.6 Å². The fraction of sp³-hybridized carbons (Fsp3) is 0.357. The number of ether oxygens (including phenoxy) is 1. The van der Waals surface area contributed by atoms with Crippen molar-refractivity contribution in [1.29, 1.82) is 0 Å². The number of ketones is 1. The Labute approximate surface area is 120 Å². The molecule has 1 aromatic carbocycles. The topological polar surface area (TPSA) is 92.7 Å². The van der Waals surface area contributed by atoms with E-state index in [2.05, 4.69) is 5.32 Å². The molecule has 0 atom stereocenters. The van der Waals surface area contributed by atoms with Gasteiger partial charge in [0.1, 0.15) is 11.4 Å². The van der Waals surface area contributed by atoms with Crippen molar-refractivity contribution in [2.24, 2.45) is 0 Å². The van der Waals surface area contributed by atoms with Crippen LogP contribution in [0.2, 0.25) is 0 Å². The number of hydrogen-bond donors (Lipinski definition) is 2. The van der Waals surface area contributed by atoms with Crippen LogP contribution in [-0.2, 0) is 20.7 Å². The Morgan fingerprint density at radius 3 is 2.43 bits per heavy atom. The Bertz CT molecular complexity index is 577. The van der Waals surface area contributed by atoms with Crippen LogP contribution in [0.3, 0.4) is 0 Å². The fourth-order valence-corrected chi connectivity index (χ4v) is 1.46. The van der Waals surface area contributed by atoms with Gasteiger partial charge in [-0.1, -0.05) is 0 Å². The van der Waals surface area contributed by atoms with Crippen molar-refractivity contribution in [2.45, 2.75) is 32.8 Å². The maximum absolute atomic E-state index is 13.5. The smallest absolute Gasteiger partial charge is 0.412 e. The summed E-state index contributed by atoms with van der Waals surface area (Å²) in [5.74, 6) is -3.50. The molecule has 21 heavy (non-hydrogen) atoms. The molecule has 0 aliphatic heterocycles. The predicted octanol–water partition coefficient (Wildman–Crippen LogP) is 2.37. The summed E-state index contributed by atoms with van der Waals surface area (Å²) in [5.41, 5.74) is -0.596. The lowest BCUT2D eigenvalue weighted by Gasteiger charge is -2.19. The molecule has 0 unspecified atom stereocenters. The van der Waals surface area contributed by atoms with E-state index in [1.165, 1.54) is 12.1 Å². The molecule has 1 rings (SSSR count). The standard InChI is InChI=1S/C14H16FNO5/c1-14(2,3)21-13(20)16-9-4-5-10(15)8(6-9)7-11(17)12(18)19/h4-6H,7H2,1-3H3,(H,16,20)(H,18,19). The molecule has 0 aliphatic carbocycles. The quantitative estimate of drug-likeness (QED) is 0.832. The second-order valence-electron chi connectivity index (χ2n) is 5.34. The van der Waals surface area contributed by atoms with Crippen LogP contribution in [0.1, 0.15) is 26.3 Å². The number of rotatable bonds is 4. The van der Waals surface area contributed by atoms with Gasteiger partial charge in [-0.25, -0.2) is 14.0 Å². The lowest BCUT2D eigenvalue weighted by molar-refractivity contribution is -0.148. The number of benzene rings is 1. The van der Waals surface area contributed by atoms with E-state index in [0.717, 1.165) is 6.07 Å². The van der Waals surface area contributed by atoms with Gasteiger partial charge in [0.05, 0.1) is 0 Å². The molecular formula is C14H16FNO5. The number of hydrogen-bond acceptors (Lipinski definition) is 4. The number of carbonyl (C=O) groups excluding carboxylic acids is 2. The number of carbonyl (C=O) groups is 3. The van der Waals surface area contributed by atoms with Crippen LogP contribution in [0.25, 0.3) is 0 Å². The van der Waals surface area contributed by atoms with Gasteiger partial charge >= 0.3 is 12.1 Å². The lowest BCUT2D eigenvalue weighted by atomic mass is 10.1. The van der Waals surface area contributed by atoms with E-state index in [9.17, 15) is 18.8 Å². The van der Waals surface area contributed by atoms with Crippen molar-refractivity contribution in [1.82, 2.24) is 0 Å². The van der Waals surface area contributed by atoms with E-state index in [-0.39, 0.29) is 11.3 Å². The summed E-state index contributed by atoms with van der Waals surface area (Å²) < 4.78 is 18.5. The zero-order valence-corrected chi connectivity index (χ0v) is 11.9. The van der Waals surface area contributed by atoms with Gasteiger partial charge in [-0.15, -0.1) is 0 Å². The normalized spacial score (nSPS) is 10.9. The van der Waals surface area contributed by atoms with Gasteiger partial charge in [0.25, 0.3) is 0 Å². The average Bonchev–Trinajstić information content (AvgIpc) is 2.30. The molecule has 6 nitrogen and oxygen atoms in total. The zero-order chi connectivity index (χ0) is 16.2. The van der Waals surface area contributed by atoms with Gasteiger partial charge in [0, 0.05) is 12.1 Å². The van der Waals surface area contributed by atoms with Gasteiger partial charge in [-0.05, 0) is 44.5 Å². The number of halogens is 1. The van der Waals surface area contributed by atoms with E-state index in [1.54, 1.807) is 20.8 Å². The third-order valence-electron chi connectivity index (χ3n) is 2.28. The largest absolute Gasteiger partial charge is 0.475 e. The van der Waals surface area contributed by atoms with Crippen molar-refractivity contribution >= 4 is 23.5 Å². The summed E-state index contributed by atoms with van der Waals surface area (Å²) >= 11 is 0. The molecule has 2 N–H and O–H groups in total. The first-order chi connectivity index (χ1) is 9.58. The number of carboxylic acids is 1. The third kappa shape index (κ3) is 5.60. The lowest BCUT2D eigenvalue weighted by Crippen LogP contribution is -2.27. The SMILES string of the molecule is CC(C)(C)OC(=O)Nc1ccc(F)c(CC(=O)C(=O)O)c1. The summed E-state index contributed by atoms with van der Waals surface area (Å²) in [5, 5.41) is 10.9. The molecule has 0 fully saturated rings. The van der Waals surface area contributed by atoms with Crippen LogP contribution in [0, 0.1) is 5.82 Å². The van der Waals surface area contributed by atoms with Crippen LogP contribution in [-0.4, -0.2) is 28.6 Å². The molecule has 0 heterocycles. The predicted molar refractivity (Wildman–Crippen MR) is 72.6 cm³/mol. The highest BCUT2D eigenvalue weighted by Gasteiger charge is 2.18. The summed E-state index contributed by atoms with van der Waals surface area (Å²) in [6, 6.07) is 3.52. The van der Waals surface area contributed by atoms with Crippen molar-refractivity contribution in [3.8, 4) is 0 Å². The highest BCUT2D eigenvalue weighted by molar-refractivity contribution is 6.33. The molecule has 7 heteroatoms. The maximum atomic E-state index is 13.5. The summed E-state index contributed by atoms with van der Waals surface area (Å²) in [6.45, 7) is 5.07. The molecule has 0 bridgehead atoms. The number of aliphatic carboxylic acids is 1. The zero-order valence-electron chi connectivity index (χ0n) is 11.9. The highest BCUT2D eigenvalue weighted by atomic mass is 19.1. The second kappa shape index (κ2) is 6.34. The Balaban J connectivity index is 2.84. The second-order valence-corrected chi connectivity index (χ2v) is 5.34. The first kappa shape index (κ1) is 16.6. The molecule has 114 valence electrons. The molecule has 1 aromatic rings. The Hall–Kier alpha value is -2.44. The summed E-state index contributed by atoms with van der Waals surface area (Å²) in [4.78, 5) is 33.1. The van der Waals surface area contributed by atoms with Crippen LogP contribution >= 0.6 is 0 Å². The number of carboxylic acid groups (broad SMARTS) is 1. The Morgan fingerprint density at radius 2 is 1.90 bits per heavy atom. The van der Waals surface area contributed by atoms with Crippen LogP contribution in [0.15, 0.2) is 18.2 Å². The molecule has 1 amide bonds. The molecule has 0 aromatic heterocycles. The highest BCUT2D eigenvalue weighted by Crippen LogP contribution is 2.17. The van der Waals surface area contributed by atoms with E-state index < -0.39 is 35.7 Å². The molecule has 0 spiro atoms. The van der Waals surface area contributed by atoms with Gasteiger partial charge in [-0.3, -0.25) is 10.1 Å². The first-order valence-electron chi connectivity index (χ1n) is 6.13. The molecule has 0 saturated heterocycles. The van der Waals surface area contributed by atoms with E-state index in [0.29, 0.717) is 0 Å². The summed E-state index contributed by atoms with van der Waals surface area (Å²) in [7, 11) is 0. The van der Waals surface area contributed by atoms with Crippen molar-refractivity contribution in [2.75, 3.05) is 5.32 Å². The van der Waals surface area contributed by atoms with Gasteiger partial charge in [0.2, 0.25) is 5.78 Å². The van der Waals surface area contributed by atoms with E-state index in [4.69, 9.17) is 9.84 Å². The van der Waals surface area contributed by atoms with E-state index in [1.807, 2.05) is 0 Å². The minimum atomic E-state index is -1.64. The monoisotopic (exact) mass is 297 g/mol. The van der Waals surface area contributed by atoms with Crippen molar-refractivity contribution in [3.05, 3.63) is 29.6 Å². The molecular weight excluding hydrogens is 281 g/mol. The number of anilines is 1. The first-order valence-corrected chi connectivity index (χ1v) is 6.13. The summed E-state index contributed by atoms with van der Waals surface area (Å²) in [6.07, 6.45) is -1.32. The Morgan fingerprint density at radius 1 is 1.29 bits per heavy atom. The number of amides is 1. The minimum absolute atomic E-state index is 0.115. The number of nitrogens with one attached hydrogen (secondary N) is 1. The average molecular weight is 297 g/mol. The molecule has 0 radical (unpaired) electrons. The molecule has 0 aliphatic rings. The van der Waals surface area contributed by atoms with Gasteiger partial charge in [-0.2, -0.15) is 0 Å². The maximum Gasteiger partial charge on any atom is 0.412 e. The van der Waals surface area contributed by atoms with Crippen LogP contribution in [0.4, 0.5) is 14.9 Å². The third-order valence-corrected chi connectivity index (χ3v) is 2.28. The van der Waals surface area contributed by atoms with Gasteiger partial charge < -0.3 is 9.84 Å². The molecule has 0 saturated carbocycles. The minimum Gasteiger partial charge on any atom is -0.475 e. The van der Waals surface area contributed by atoms with Crippen molar-refractivity contribution in [3.63, 3.8) is 0 Å². The van der Waals surface area contributed by atoms with E-state index >= 15 is 0 Å². The number of Topliss-reactive ketones (excluding diaryl/α,β-unsaturated/α-hetero) is 1. The van der Waals surface area contributed by atoms with Gasteiger partial charge in [0.15, 0.2) is 0 Å². The fourth-order valence-electron chi connectivity index (χ4n) is 1.46. The van der Waals surface area contributed by atoms with Crippen LogP contribution < -0.4 is 5.32 Å². The van der Waals surface area contributed by atoms with Crippen LogP contribution in [0.5, 0.6) is 0 Å².